The summed E-state index contributed by atoms with van der Waals surface area (Å²) in [6, 6.07) is 2.31. The molecule has 1 N–H and O–H groups in total. The number of ether oxygens (including phenoxy) is 2. The Labute approximate surface area is 129 Å². The molecule has 1 aromatic rings. The van der Waals surface area contributed by atoms with Gasteiger partial charge in [-0.1, -0.05) is 13.8 Å². The minimum absolute atomic E-state index is 0.316. The van der Waals surface area contributed by atoms with Crippen LogP contribution in [0.2, 0.25) is 0 Å². The molecule has 0 saturated heterocycles. The van der Waals surface area contributed by atoms with E-state index in [0.29, 0.717) is 5.56 Å². The maximum atomic E-state index is 11.9. The van der Waals surface area contributed by atoms with E-state index in [4.69, 9.17) is 9.47 Å². The Morgan fingerprint density at radius 2 is 1.73 bits per heavy atom. The molecule has 0 aliphatic carbocycles. The van der Waals surface area contributed by atoms with Gasteiger partial charge in [0.25, 0.3) is 5.91 Å². The molecule has 0 saturated carbocycles. The van der Waals surface area contributed by atoms with Crippen LogP contribution in [0.4, 0.5) is 0 Å². The second-order valence-corrected chi connectivity index (χ2v) is 5.03. The van der Waals surface area contributed by atoms with Crippen LogP contribution < -0.4 is 5.32 Å². The third-order valence-corrected chi connectivity index (χ3v) is 2.66. The van der Waals surface area contributed by atoms with Crippen molar-refractivity contribution in [1.82, 2.24) is 10.3 Å². The lowest BCUT2D eigenvalue weighted by molar-refractivity contribution is -0.187. The molecule has 0 fully saturated rings. The third kappa shape index (κ3) is 5.51. The first-order chi connectivity index (χ1) is 10.3. The topological polar surface area (TPSA) is 94.6 Å². The minimum atomic E-state index is -1.01. The minimum Gasteiger partial charge on any atom is -0.425 e. The molecule has 7 heteroatoms. The van der Waals surface area contributed by atoms with Gasteiger partial charge in [0.05, 0.1) is 11.5 Å². The predicted octanol–water partition coefficient (Wildman–Crippen LogP) is 1.29. The Morgan fingerprint density at radius 3 is 2.27 bits per heavy atom. The smallest absolute Gasteiger partial charge is 0.331 e. The van der Waals surface area contributed by atoms with Gasteiger partial charge < -0.3 is 14.8 Å². The number of nitrogens with zero attached hydrogens (tertiary/aromatic N) is 1. The molecular weight excluding hydrogens is 288 g/mol. The van der Waals surface area contributed by atoms with E-state index in [1.54, 1.807) is 32.2 Å². The third-order valence-electron chi connectivity index (χ3n) is 2.66. The highest BCUT2D eigenvalue weighted by Crippen LogP contribution is 2.04. The Hall–Kier alpha value is -2.44. The molecule has 1 aromatic heterocycles. The predicted molar refractivity (Wildman–Crippen MR) is 77.6 cm³/mol. The van der Waals surface area contributed by atoms with Gasteiger partial charge in [-0.25, -0.2) is 4.79 Å². The lowest BCUT2D eigenvalue weighted by Crippen LogP contribution is -2.41. The first kappa shape index (κ1) is 17.6. The fourth-order valence-corrected chi connectivity index (χ4v) is 1.43. The first-order valence-corrected chi connectivity index (χ1v) is 6.93. The van der Waals surface area contributed by atoms with Crippen LogP contribution in [0.5, 0.6) is 0 Å². The van der Waals surface area contributed by atoms with Gasteiger partial charge in [-0.2, -0.15) is 0 Å². The lowest BCUT2D eigenvalue weighted by Gasteiger charge is -2.18. The van der Waals surface area contributed by atoms with E-state index in [2.05, 4.69) is 10.3 Å². The van der Waals surface area contributed by atoms with E-state index in [0.717, 1.165) is 0 Å². The zero-order valence-corrected chi connectivity index (χ0v) is 13.0. The number of esters is 2. The highest BCUT2D eigenvalue weighted by Gasteiger charge is 2.22. The van der Waals surface area contributed by atoms with Gasteiger partial charge in [-0.05, 0) is 19.1 Å². The summed E-state index contributed by atoms with van der Waals surface area (Å²) in [6.45, 7) is 6.27. The summed E-state index contributed by atoms with van der Waals surface area (Å²) in [5, 5.41) is 2.48. The number of nitrogens with one attached hydrogen (secondary N) is 1. The first-order valence-electron chi connectivity index (χ1n) is 6.93. The van der Waals surface area contributed by atoms with Gasteiger partial charge in [0, 0.05) is 19.3 Å². The maximum absolute atomic E-state index is 11.9. The van der Waals surface area contributed by atoms with Gasteiger partial charge in [-0.3, -0.25) is 14.6 Å². The molecule has 0 radical (unpaired) electrons. The van der Waals surface area contributed by atoms with Crippen molar-refractivity contribution in [3.8, 4) is 0 Å². The molecule has 2 unspecified atom stereocenters. The lowest BCUT2D eigenvalue weighted by atomic mass is 10.2. The highest BCUT2D eigenvalue weighted by molar-refractivity contribution is 5.96. The zero-order valence-electron chi connectivity index (χ0n) is 13.0. The SMILES string of the molecule is CC(OC(=O)C(C)C)OC(=O)C(C)NC(=O)c1cccnc1. The largest absolute Gasteiger partial charge is 0.425 e. The second kappa shape index (κ2) is 8.11. The molecule has 1 amide bonds. The molecule has 2 atom stereocenters. The van der Waals surface area contributed by atoms with Crippen molar-refractivity contribution in [2.24, 2.45) is 5.92 Å². The van der Waals surface area contributed by atoms with E-state index >= 15 is 0 Å². The van der Waals surface area contributed by atoms with Gasteiger partial charge in [0.15, 0.2) is 0 Å². The summed E-state index contributed by atoms with van der Waals surface area (Å²) < 4.78 is 9.87. The molecule has 0 bridgehead atoms. The number of hydrogen-bond acceptors (Lipinski definition) is 6. The van der Waals surface area contributed by atoms with Crippen molar-refractivity contribution in [2.45, 2.75) is 40.0 Å². The standard InChI is InChI=1S/C15H20N2O5/c1-9(2)14(19)21-11(4)22-15(20)10(3)17-13(18)12-6-5-7-16-8-12/h5-11H,1-4H3,(H,17,18). The van der Waals surface area contributed by atoms with Crippen LogP contribution in [-0.2, 0) is 19.1 Å². The quantitative estimate of drug-likeness (QED) is 0.628. The number of aromatic nitrogens is 1. The summed E-state index contributed by atoms with van der Waals surface area (Å²) in [5.41, 5.74) is 0.335. The maximum Gasteiger partial charge on any atom is 0.331 e. The number of carbonyl (C=O) groups excluding carboxylic acids is 3. The average Bonchev–Trinajstić information content (AvgIpc) is 2.47. The normalized spacial score (nSPS) is 13.1. The second-order valence-electron chi connectivity index (χ2n) is 5.03. The van der Waals surface area contributed by atoms with E-state index < -0.39 is 30.2 Å². The van der Waals surface area contributed by atoms with Crippen molar-refractivity contribution in [3.05, 3.63) is 30.1 Å². The molecule has 0 aliphatic heterocycles. The highest BCUT2D eigenvalue weighted by atomic mass is 16.7. The van der Waals surface area contributed by atoms with Crippen LogP contribution in [0.3, 0.4) is 0 Å². The number of hydrogen-bond donors (Lipinski definition) is 1. The van der Waals surface area contributed by atoms with Gasteiger partial charge >= 0.3 is 11.9 Å². The molecule has 7 nitrogen and oxygen atoms in total. The van der Waals surface area contributed by atoms with E-state index in [-0.39, 0.29) is 5.92 Å². The molecule has 0 aliphatic rings. The molecule has 0 aromatic carbocycles. The van der Waals surface area contributed by atoms with Gasteiger partial charge in [0.1, 0.15) is 6.04 Å². The molecule has 120 valence electrons. The van der Waals surface area contributed by atoms with Crippen LogP contribution in [-0.4, -0.2) is 35.2 Å². The van der Waals surface area contributed by atoms with Crippen molar-refractivity contribution in [1.29, 1.82) is 0 Å². The van der Waals surface area contributed by atoms with Crippen molar-refractivity contribution >= 4 is 17.8 Å². The van der Waals surface area contributed by atoms with Crippen LogP contribution in [0, 0.1) is 5.92 Å². The Bertz CT molecular complexity index is 530. The summed E-state index contributed by atoms with van der Waals surface area (Å²) in [7, 11) is 0. The fourth-order valence-electron chi connectivity index (χ4n) is 1.43. The summed E-state index contributed by atoms with van der Waals surface area (Å²) >= 11 is 0. The Balaban J connectivity index is 2.48. The monoisotopic (exact) mass is 308 g/mol. The van der Waals surface area contributed by atoms with Gasteiger partial charge in [-0.15, -0.1) is 0 Å². The summed E-state index contributed by atoms with van der Waals surface area (Å²) in [6.07, 6.45) is 1.92. The van der Waals surface area contributed by atoms with Crippen LogP contribution in [0.15, 0.2) is 24.5 Å². The van der Waals surface area contributed by atoms with Crippen LogP contribution >= 0.6 is 0 Å². The zero-order chi connectivity index (χ0) is 16.7. The molecule has 0 spiro atoms. The van der Waals surface area contributed by atoms with Crippen molar-refractivity contribution < 1.29 is 23.9 Å². The average molecular weight is 308 g/mol. The molecular formula is C15H20N2O5. The van der Waals surface area contributed by atoms with Crippen molar-refractivity contribution in [3.63, 3.8) is 0 Å². The van der Waals surface area contributed by atoms with Crippen LogP contribution in [0.1, 0.15) is 38.1 Å². The Kier molecular flexibility index (Phi) is 6.49. The summed E-state index contributed by atoms with van der Waals surface area (Å²) in [5.74, 6) is -1.91. The van der Waals surface area contributed by atoms with E-state index in [1.807, 2.05) is 0 Å². The number of pyridine rings is 1. The fraction of sp³-hybridized carbons (Fsp3) is 0.467. The number of carbonyl (C=O) groups is 3. The Morgan fingerprint density at radius 1 is 1.09 bits per heavy atom. The molecule has 1 rings (SSSR count). The van der Waals surface area contributed by atoms with E-state index in [1.165, 1.54) is 20.0 Å². The van der Waals surface area contributed by atoms with Gasteiger partial charge in [0.2, 0.25) is 6.29 Å². The van der Waals surface area contributed by atoms with Crippen molar-refractivity contribution in [2.75, 3.05) is 0 Å². The molecule has 1 heterocycles. The van der Waals surface area contributed by atoms with E-state index in [9.17, 15) is 14.4 Å². The molecule has 22 heavy (non-hydrogen) atoms. The number of rotatable bonds is 6. The van der Waals surface area contributed by atoms with Crippen LogP contribution in [0.25, 0.3) is 0 Å². The summed E-state index contributed by atoms with van der Waals surface area (Å²) in [4.78, 5) is 38.9. The number of amides is 1.